The van der Waals surface area contributed by atoms with E-state index in [1.165, 1.54) is 0 Å². The molecule has 0 atom stereocenters. The fourth-order valence-electron chi connectivity index (χ4n) is 0.139. The molecule has 0 fully saturated rings. The number of rotatable bonds is 2. The molecule has 7 N–H and O–H groups in total. The summed E-state index contributed by atoms with van der Waals surface area (Å²) in [4.78, 5) is 19.0. The highest BCUT2D eigenvalue weighted by Gasteiger charge is 1.81. The highest BCUT2D eigenvalue weighted by atomic mass is 16.4. The zero-order valence-corrected chi connectivity index (χ0v) is 5.33. The Kier molecular flexibility index (Phi) is 12.0. The van der Waals surface area contributed by atoms with Gasteiger partial charge in [-0.2, -0.15) is 0 Å². The van der Waals surface area contributed by atoms with Crippen molar-refractivity contribution in [3.63, 3.8) is 0 Å². The van der Waals surface area contributed by atoms with Crippen molar-refractivity contribution in [3.8, 4) is 0 Å². The van der Waals surface area contributed by atoms with E-state index in [0.717, 1.165) is 0 Å². The van der Waals surface area contributed by atoms with Gasteiger partial charge in [-0.25, -0.2) is 4.79 Å². The molecule has 0 saturated carbocycles. The first-order valence-corrected chi connectivity index (χ1v) is 1.75. The summed E-state index contributed by atoms with van der Waals surface area (Å²) in [5, 5.41) is 17.2. The Balaban J connectivity index is -0.000000245. The maximum Gasteiger partial charge on any atom is 0.328 e. The average Bonchev–Trinajstić information content (AvgIpc) is 1.61. The quantitative estimate of drug-likeness (QED) is 0.436. The highest BCUT2D eigenvalue weighted by molar-refractivity contribution is 5.88. The maximum absolute atomic E-state index is 9.53. The summed E-state index contributed by atoms with van der Waals surface area (Å²) in [6.07, 6.45) is 0.942. The number of carbonyl (C=O) groups excluding carboxylic acids is 1. The second kappa shape index (κ2) is 7.60. The molecule has 0 rings (SSSR count). The predicted molar refractivity (Wildman–Crippen MR) is 31.4 cm³/mol. The Labute approximate surface area is 56.7 Å². The van der Waals surface area contributed by atoms with Crippen LogP contribution in [0.4, 0.5) is 0 Å². The Hall–Kier alpha value is -1.40. The van der Waals surface area contributed by atoms with Gasteiger partial charge in [0.05, 0.1) is 5.97 Å². The molecule has 6 nitrogen and oxygen atoms in total. The number of hydrogen-bond donors (Lipinski definition) is 2. The van der Waals surface area contributed by atoms with Gasteiger partial charge < -0.3 is 26.6 Å². The van der Waals surface area contributed by atoms with Crippen LogP contribution < -0.4 is 11.3 Å². The topological polar surface area (TPSA) is 145 Å². The van der Waals surface area contributed by atoms with E-state index in [0.29, 0.717) is 12.2 Å². The minimum Gasteiger partial charge on any atom is -0.545 e. The largest absolute Gasteiger partial charge is 0.545 e. The van der Waals surface area contributed by atoms with Crippen molar-refractivity contribution in [2.75, 3.05) is 0 Å². The molecule has 0 spiro atoms. The predicted octanol–water partition coefficient (Wildman–Crippen LogP) is -2.07. The van der Waals surface area contributed by atoms with Crippen LogP contribution in [0.3, 0.4) is 0 Å². The molecule has 0 aliphatic rings. The number of aliphatic carboxylic acids is 2. The first kappa shape index (κ1) is 15.8. The lowest BCUT2D eigenvalue weighted by atomic mass is 10.5. The van der Waals surface area contributed by atoms with Crippen molar-refractivity contribution in [3.05, 3.63) is 12.2 Å². The summed E-state index contributed by atoms with van der Waals surface area (Å²) in [5.74, 6) is -2.80. The first-order valence-electron chi connectivity index (χ1n) is 1.75. The van der Waals surface area contributed by atoms with Crippen molar-refractivity contribution in [1.82, 2.24) is 6.15 Å². The molecule has 60 valence electrons. The van der Waals surface area contributed by atoms with E-state index in [-0.39, 0.29) is 11.6 Å². The normalized spacial score (nSPS) is 7.60. The van der Waals surface area contributed by atoms with Gasteiger partial charge in [0.2, 0.25) is 0 Å². The lowest BCUT2D eigenvalue weighted by Crippen LogP contribution is -2.19. The molecule has 0 bridgehead atoms. The molecule has 0 heterocycles. The Morgan fingerprint density at radius 1 is 1.30 bits per heavy atom. The molecule has 0 aromatic carbocycles. The number of quaternary nitrogens is 1. The number of hydrogen-bond acceptors (Lipinski definition) is 3. The van der Waals surface area contributed by atoms with Crippen molar-refractivity contribution in [2.45, 2.75) is 0 Å². The third-order valence-corrected chi connectivity index (χ3v) is 0.362. The second-order valence-corrected chi connectivity index (χ2v) is 0.991. The van der Waals surface area contributed by atoms with Crippen LogP contribution in [-0.2, 0) is 9.59 Å². The summed E-state index contributed by atoms with van der Waals surface area (Å²) in [7, 11) is 0. The summed E-state index contributed by atoms with van der Waals surface area (Å²) in [5.41, 5.74) is 0. The first-order chi connectivity index (χ1) is 3.63. The van der Waals surface area contributed by atoms with Crippen molar-refractivity contribution < 1.29 is 25.3 Å². The van der Waals surface area contributed by atoms with Crippen LogP contribution in [0.25, 0.3) is 0 Å². The number of carboxylic acids is 2. The average molecular weight is 151 g/mol. The van der Waals surface area contributed by atoms with Gasteiger partial charge in [0.25, 0.3) is 0 Å². The minimum atomic E-state index is -1.51. The van der Waals surface area contributed by atoms with Crippen LogP contribution >= 0.6 is 0 Å². The number of carboxylic acid groups (broad SMARTS) is 2. The lowest BCUT2D eigenvalue weighted by Gasteiger charge is -1.85. The van der Waals surface area contributed by atoms with Crippen molar-refractivity contribution in [2.24, 2.45) is 0 Å². The molecule has 6 heteroatoms. The van der Waals surface area contributed by atoms with Gasteiger partial charge in [-0.1, -0.05) is 0 Å². The van der Waals surface area contributed by atoms with E-state index in [1.807, 2.05) is 0 Å². The van der Waals surface area contributed by atoms with Crippen LogP contribution in [0.2, 0.25) is 0 Å². The van der Waals surface area contributed by atoms with Crippen LogP contribution in [0.1, 0.15) is 0 Å². The molecule has 0 aliphatic carbocycles. The summed E-state index contributed by atoms with van der Waals surface area (Å²) in [6, 6.07) is 0. The summed E-state index contributed by atoms with van der Waals surface area (Å²) >= 11 is 0. The Bertz CT molecular complexity index is 125. The monoisotopic (exact) mass is 151 g/mol. The van der Waals surface area contributed by atoms with Gasteiger partial charge in [0.1, 0.15) is 0 Å². The van der Waals surface area contributed by atoms with Crippen LogP contribution in [-0.4, -0.2) is 22.5 Å². The van der Waals surface area contributed by atoms with E-state index >= 15 is 0 Å². The third kappa shape index (κ3) is 16.0. The van der Waals surface area contributed by atoms with E-state index < -0.39 is 11.9 Å². The van der Waals surface area contributed by atoms with Gasteiger partial charge in [-0.3, -0.25) is 0 Å². The summed E-state index contributed by atoms with van der Waals surface area (Å²) in [6.45, 7) is 0. The molecular formula is C4H9NO5. The fourth-order valence-corrected chi connectivity index (χ4v) is 0.139. The molecule has 0 radical (unpaired) electrons. The third-order valence-electron chi connectivity index (χ3n) is 0.362. The van der Waals surface area contributed by atoms with Gasteiger partial charge in [-0.15, -0.1) is 0 Å². The molecular weight excluding hydrogens is 142 g/mol. The smallest absolute Gasteiger partial charge is 0.328 e. The van der Waals surface area contributed by atoms with E-state index in [1.54, 1.807) is 0 Å². The molecule has 0 aromatic rings. The van der Waals surface area contributed by atoms with Crippen LogP contribution in [0, 0.1) is 0 Å². The molecule has 0 aliphatic heterocycles. The fraction of sp³-hybridized carbons (Fsp3) is 0. The minimum absolute atomic E-state index is 0. The second-order valence-electron chi connectivity index (χ2n) is 0.991. The summed E-state index contributed by atoms with van der Waals surface area (Å²) < 4.78 is 0. The van der Waals surface area contributed by atoms with Gasteiger partial charge in [0, 0.05) is 6.08 Å². The zero-order valence-electron chi connectivity index (χ0n) is 5.33. The van der Waals surface area contributed by atoms with Gasteiger partial charge >= 0.3 is 5.97 Å². The van der Waals surface area contributed by atoms with Crippen LogP contribution in [0.15, 0.2) is 12.2 Å². The number of carbonyl (C=O) groups is 2. The maximum atomic E-state index is 9.53. The van der Waals surface area contributed by atoms with E-state index in [4.69, 9.17) is 5.11 Å². The SMILES string of the molecule is O.O=C([O-])/C=C\C(=O)O.[NH4+]. The highest BCUT2D eigenvalue weighted by Crippen LogP contribution is 1.67. The van der Waals surface area contributed by atoms with Crippen molar-refractivity contribution >= 4 is 11.9 Å². The van der Waals surface area contributed by atoms with Gasteiger partial charge in [0.15, 0.2) is 0 Å². The van der Waals surface area contributed by atoms with Crippen LogP contribution in [0.5, 0.6) is 0 Å². The molecule has 10 heavy (non-hydrogen) atoms. The molecule has 0 aromatic heterocycles. The molecule has 0 saturated heterocycles. The van der Waals surface area contributed by atoms with E-state index in [9.17, 15) is 14.7 Å². The molecule has 0 amide bonds. The lowest BCUT2D eigenvalue weighted by molar-refractivity contribution is -0.297. The van der Waals surface area contributed by atoms with Crippen molar-refractivity contribution in [1.29, 1.82) is 0 Å². The zero-order chi connectivity index (χ0) is 6.57. The Morgan fingerprint density at radius 3 is 1.80 bits per heavy atom. The standard InChI is InChI=1S/C4H4O4.H3N.H2O/c5-3(6)1-2-4(7)8;;/h1-2H,(H,5,6)(H,7,8);1H3;1H2/b2-1-;;. The van der Waals surface area contributed by atoms with E-state index in [2.05, 4.69) is 0 Å². The van der Waals surface area contributed by atoms with Gasteiger partial charge in [-0.05, 0) is 6.08 Å². The molecule has 0 unspecified atom stereocenters. The Morgan fingerprint density at radius 2 is 1.70 bits per heavy atom.